The number of rotatable bonds is 6. The lowest BCUT2D eigenvalue weighted by molar-refractivity contribution is -0.151. The molecule has 0 aromatic carbocycles. The van der Waals surface area contributed by atoms with Crippen LogP contribution in [0.3, 0.4) is 0 Å². The standard InChI is InChI=1S/C32H50O4/c1-19(2)20(3)9-10-21(4)27-13-14-28-26-12-11-24-17-25(35-22(5)33)15-16-31(24,7)30(26)29(36-23(6)34)18-32(27,28)8/h9-10,19-21,24-28H,11-18H2,1-8H3/b10-9+/t20-,21+,24-,25+,26+,27+,28-,31-,32+/m0/s1. The van der Waals surface area contributed by atoms with Crippen LogP contribution >= 0.6 is 0 Å². The monoisotopic (exact) mass is 498 g/mol. The van der Waals surface area contributed by atoms with Gasteiger partial charge < -0.3 is 9.47 Å². The molecule has 4 heteroatoms. The lowest BCUT2D eigenvalue weighted by Gasteiger charge is -2.57. The van der Waals surface area contributed by atoms with Crippen LogP contribution in [-0.2, 0) is 19.1 Å². The summed E-state index contributed by atoms with van der Waals surface area (Å²) in [4.78, 5) is 24.0. The number of carbonyl (C=O) groups excluding carboxylic acids is 2. The topological polar surface area (TPSA) is 52.6 Å². The van der Waals surface area contributed by atoms with Gasteiger partial charge in [0, 0.05) is 20.3 Å². The van der Waals surface area contributed by atoms with E-state index in [9.17, 15) is 9.59 Å². The van der Waals surface area contributed by atoms with Crippen molar-refractivity contribution in [3.63, 3.8) is 0 Å². The highest BCUT2D eigenvalue weighted by Crippen LogP contribution is 2.68. The fourth-order valence-corrected chi connectivity index (χ4v) is 8.86. The van der Waals surface area contributed by atoms with E-state index in [0.29, 0.717) is 41.4 Å². The van der Waals surface area contributed by atoms with Gasteiger partial charge in [-0.3, -0.25) is 9.59 Å². The molecule has 4 nitrogen and oxygen atoms in total. The average molecular weight is 499 g/mol. The van der Waals surface area contributed by atoms with Crippen molar-refractivity contribution in [2.75, 3.05) is 0 Å². The van der Waals surface area contributed by atoms with Gasteiger partial charge in [0.15, 0.2) is 0 Å². The number of fused-ring (bicyclic) bond motifs is 5. The van der Waals surface area contributed by atoms with Gasteiger partial charge in [0.05, 0.1) is 0 Å². The SMILES string of the molecule is CC(=O)OC1=C2[C@H](CC[C@H]3C[C@H](OC(C)=O)CC[C@]23C)[C@@H]2CC[C@H]([C@H](C)/C=C/[C@H](C)C(C)C)[C@@]2(C)C1. The highest BCUT2D eigenvalue weighted by atomic mass is 16.5. The van der Waals surface area contributed by atoms with Gasteiger partial charge in [-0.1, -0.05) is 53.7 Å². The Hall–Kier alpha value is -1.58. The van der Waals surface area contributed by atoms with E-state index in [0.717, 1.165) is 37.9 Å². The van der Waals surface area contributed by atoms with Gasteiger partial charge in [-0.2, -0.15) is 0 Å². The van der Waals surface area contributed by atoms with E-state index in [1.807, 2.05) is 0 Å². The number of hydrogen-bond donors (Lipinski definition) is 0. The molecule has 36 heavy (non-hydrogen) atoms. The van der Waals surface area contributed by atoms with Gasteiger partial charge in [0.1, 0.15) is 11.9 Å². The number of allylic oxidation sites excluding steroid dienone is 4. The van der Waals surface area contributed by atoms with Crippen molar-refractivity contribution in [2.24, 2.45) is 52.3 Å². The minimum Gasteiger partial charge on any atom is -0.463 e. The van der Waals surface area contributed by atoms with Crippen molar-refractivity contribution in [3.8, 4) is 0 Å². The molecular weight excluding hydrogens is 448 g/mol. The van der Waals surface area contributed by atoms with Crippen LogP contribution < -0.4 is 0 Å². The van der Waals surface area contributed by atoms with Gasteiger partial charge in [-0.25, -0.2) is 0 Å². The minimum atomic E-state index is -0.189. The van der Waals surface area contributed by atoms with Gasteiger partial charge >= 0.3 is 11.9 Å². The van der Waals surface area contributed by atoms with E-state index in [2.05, 4.69) is 53.7 Å². The van der Waals surface area contributed by atoms with E-state index < -0.39 is 0 Å². The number of ether oxygens (including phenoxy) is 2. The second kappa shape index (κ2) is 10.3. The third-order valence-electron chi connectivity index (χ3n) is 11.1. The molecule has 9 atom stereocenters. The van der Waals surface area contributed by atoms with E-state index in [1.54, 1.807) is 6.92 Å². The lowest BCUT2D eigenvalue weighted by atomic mass is 9.48. The highest BCUT2D eigenvalue weighted by Gasteiger charge is 2.60. The molecule has 4 aliphatic carbocycles. The third kappa shape index (κ3) is 4.95. The maximum absolute atomic E-state index is 12.4. The molecule has 3 fully saturated rings. The van der Waals surface area contributed by atoms with Crippen LogP contribution in [0.25, 0.3) is 0 Å². The fraction of sp³-hybridized carbons (Fsp3) is 0.812. The maximum Gasteiger partial charge on any atom is 0.307 e. The zero-order chi connectivity index (χ0) is 26.4. The van der Waals surface area contributed by atoms with Crippen molar-refractivity contribution in [1.29, 1.82) is 0 Å². The summed E-state index contributed by atoms with van der Waals surface area (Å²) in [6.45, 7) is 17.3. The molecule has 0 unspecified atom stereocenters. The third-order valence-corrected chi connectivity index (χ3v) is 11.1. The van der Waals surface area contributed by atoms with E-state index in [4.69, 9.17) is 9.47 Å². The van der Waals surface area contributed by atoms with Crippen LogP contribution in [0.4, 0.5) is 0 Å². The molecule has 4 aliphatic rings. The largest absolute Gasteiger partial charge is 0.463 e. The summed E-state index contributed by atoms with van der Waals surface area (Å²) in [7, 11) is 0. The zero-order valence-corrected chi connectivity index (χ0v) is 24.1. The van der Waals surface area contributed by atoms with E-state index >= 15 is 0 Å². The van der Waals surface area contributed by atoms with Crippen LogP contribution in [0.2, 0.25) is 0 Å². The van der Waals surface area contributed by atoms with Crippen LogP contribution in [0.1, 0.15) is 107 Å². The first-order valence-corrected chi connectivity index (χ1v) is 14.6. The Morgan fingerprint density at radius 2 is 1.67 bits per heavy atom. The first-order chi connectivity index (χ1) is 16.9. The summed E-state index contributed by atoms with van der Waals surface area (Å²) in [6.07, 6.45) is 13.5. The average Bonchev–Trinajstić information content (AvgIpc) is 3.13. The first-order valence-electron chi connectivity index (χ1n) is 14.6. The molecule has 0 aromatic rings. The smallest absolute Gasteiger partial charge is 0.307 e. The Balaban J connectivity index is 1.66. The number of hydrogen-bond acceptors (Lipinski definition) is 4. The lowest BCUT2D eigenvalue weighted by Crippen LogP contribution is -2.50. The van der Waals surface area contributed by atoms with Crippen LogP contribution in [0, 0.1) is 52.3 Å². The molecule has 0 amide bonds. The first kappa shape index (κ1) is 27.5. The number of esters is 2. The summed E-state index contributed by atoms with van der Waals surface area (Å²) in [5.74, 6) is 4.63. The van der Waals surface area contributed by atoms with Crippen molar-refractivity contribution in [3.05, 3.63) is 23.5 Å². The summed E-state index contributed by atoms with van der Waals surface area (Å²) in [6, 6.07) is 0. The second-order valence-corrected chi connectivity index (χ2v) is 13.6. The van der Waals surface area contributed by atoms with Crippen molar-refractivity contribution in [1.82, 2.24) is 0 Å². The van der Waals surface area contributed by atoms with Gasteiger partial charge in [-0.05, 0) is 103 Å². The molecule has 0 aliphatic heterocycles. The quantitative estimate of drug-likeness (QED) is 0.276. The molecule has 0 radical (unpaired) electrons. The van der Waals surface area contributed by atoms with Gasteiger partial charge in [-0.15, -0.1) is 0 Å². The van der Waals surface area contributed by atoms with Gasteiger partial charge in [0.2, 0.25) is 0 Å². The maximum atomic E-state index is 12.4. The molecule has 0 aromatic heterocycles. The molecule has 0 bridgehead atoms. The van der Waals surface area contributed by atoms with E-state index in [-0.39, 0.29) is 28.9 Å². The molecule has 0 N–H and O–H groups in total. The summed E-state index contributed by atoms with van der Waals surface area (Å²) in [5, 5.41) is 0. The summed E-state index contributed by atoms with van der Waals surface area (Å²) < 4.78 is 11.8. The zero-order valence-electron chi connectivity index (χ0n) is 24.1. The van der Waals surface area contributed by atoms with Crippen LogP contribution in [0.5, 0.6) is 0 Å². The molecule has 202 valence electrons. The molecule has 0 heterocycles. The fourth-order valence-electron chi connectivity index (χ4n) is 8.86. The van der Waals surface area contributed by atoms with Crippen molar-refractivity contribution in [2.45, 2.75) is 113 Å². The van der Waals surface area contributed by atoms with Crippen molar-refractivity contribution < 1.29 is 19.1 Å². The Morgan fingerprint density at radius 1 is 0.944 bits per heavy atom. The molecule has 3 saturated carbocycles. The number of carbonyl (C=O) groups is 2. The van der Waals surface area contributed by atoms with E-state index in [1.165, 1.54) is 31.8 Å². The molecule has 4 rings (SSSR count). The Bertz CT molecular complexity index is 915. The second-order valence-electron chi connectivity index (χ2n) is 13.6. The van der Waals surface area contributed by atoms with Gasteiger partial charge in [0.25, 0.3) is 0 Å². The predicted octanol–water partition coefficient (Wildman–Crippen LogP) is 7.87. The predicted molar refractivity (Wildman–Crippen MR) is 144 cm³/mol. The molecule has 0 saturated heterocycles. The highest BCUT2D eigenvalue weighted by molar-refractivity contribution is 5.67. The Labute approximate surface area is 219 Å². The minimum absolute atomic E-state index is 0.0282. The van der Waals surface area contributed by atoms with Crippen molar-refractivity contribution >= 4 is 11.9 Å². The van der Waals surface area contributed by atoms with Crippen LogP contribution in [-0.4, -0.2) is 18.0 Å². The summed E-state index contributed by atoms with van der Waals surface area (Å²) >= 11 is 0. The molecular formula is C32H50O4. The Kier molecular flexibility index (Phi) is 7.85. The van der Waals surface area contributed by atoms with Crippen LogP contribution in [0.15, 0.2) is 23.5 Å². The summed E-state index contributed by atoms with van der Waals surface area (Å²) in [5.41, 5.74) is 1.64. The Morgan fingerprint density at radius 3 is 2.31 bits per heavy atom. The molecule has 0 spiro atoms. The normalized spacial score (nSPS) is 39.9.